The van der Waals surface area contributed by atoms with E-state index >= 15 is 0 Å². The Kier molecular flexibility index (Phi) is 1.94. The summed E-state index contributed by atoms with van der Waals surface area (Å²) in [6, 6.07) is 0. The van der Waals surface area contributed by atoms with Crippen LogP contribution in [0.3, 0.4) is 0 Å². The van der Waals surface area contributed by atoms with Crippen LogP contribution < -0.4 is 0 Å². The predicted octanol–water partition coefficient (Wildman–Crippen LogP) is 4.01. The summed E-state index contributed by atoms with van der Waals surface area (Å²) < 4.78 is 0. The Morgan fingerprint density at radius 1 is 1.08 bits per heavy atom. The van der Waals surface area contributed by atoms with Crippen molar-refractivity contribution in [3.8, 4) is 0 Å². The lowest BCUT2D eigenvalue weighted by Crippen LogP contribution is -2.07. The van der Waals surface area contributed by atoms with Crippen LogP contribution in [0.25, 0.3) is 0 Å². The highest BCUT2D eigenvalue weighted by Gasteiger charge is 2.24. The van der Waals surface area contributed by atoms with Gasteiger partial charge < -0.3 is 0 Å². The molecule has 0 aliphatic heterocycles. The largest absolute Gasteiger partial charge is 0.0801 e. The van der Waals surface area contributed by atoms with E-state index in [2.05, 4.69) is 39.0 Å². The Morgan fingerprint density at radius 2 is 1.77 bits per heavy atom. The second-order valence-electron chi connectivity index (χ2n) is 5.06. The molecule has 0 heteroatoms. The average Bonchev–Trinajstić information content (AvgIpc) is 2.45. The number of hydrogen-bond donors (Lipinski definition) is 0. The summed E-state index contributed by atoms with van der Waals surface area (Å²) >= 11 is 0. The SMILES string of the molecule is CC(C)(C)C1=CC2=CCCC=C2C1. The maximum Gasteiger partial charge on any atom is -0.00559 e. The third-order valence-corrected chi connectivity index (χ3v) is 2.97. The van der Waals surface area contributed by atoms with E-state index in [4.69, 9.17) is 0 Å². The molecule has 0 nitrogen and oxygen atoms in total. The first-order valence-electron chi connectivity index (χ1n) is 5.18. The summed E-state index contributed by atoms with van der Waals surface area (Å²) in [6.45, 7) is 6.91. The molecule has 70 valence electrons. The molecule has 0 fully saturated rings. The number of rotatable bonds is 0. The van der Waals surface area contributed by atoms with Crippen LogP contribution in [-0.4, -0.2) is 0 Å². The fraction of sp³-hybridized carbons (Fsp3) is 0.538. The summed E-state index contributed by atoms with van der Waals surface area (Å²) in [6.07, 6.45) is 10.8. The van der Waals surface area contributed by atoms with Gasteiger partial charge in [-0.25, -0.2) is 0 Å². The quantitative estimate of drug-likeness (QED) is 0.520. The van der Waals surface area contributed by atoms with Gasteiger partial charge in [0.1, 0.15) is 0 Å². The lowest BCUT2D eigenvalue weighted by atomic mass is 9.85. The van der Waals surface area contributed by atoms with Crippen molar-refractivity contribution >= 4 is 0 Å². The maximum atomic E-state index is 2.41. The number of allylic oxidation sites excluding steroid dienone is 6. The molecule has 0 saturated heterocycles. The van der Waals surface area contributed by atoms with Crippen LogP contribution in [0, 0.1) is 5.41 Å². The molecule has 0 atom stereocenters. The second-order valence-corrected chi connectivity index (χ2v) is 5.06. The highest BCUT2D eigenvalue weighted by Crippen LogP contribution is 2.41. The first kappa shape index (κ1) is 8.80. The van der Waals surface area contributed by atoms with Crippen LogP contribution in [0.15, 0.2) is 34.9 Å². The fourth-order valence-corrected chi connectivity index (χ4v) is 2.00. The summed E-state index contributed by atoms with van der Waals surface area (Å²) in [5, 5.41) is 0. The van der Waals surface area contributed by atoms with Gasteiger partial charge >= 0.3 is 0 Å². The molecule has 0 amide bonds. The second kappa shape index (κ2) is 2.87. The Bertz CT molecular complexity index is 305. The van der Waals surface area contributed by atoms with E-state index in [0.717, 1.165) is 0 Å². The molecular formula is C13H18. The van der Waals surface area contributed by atoms with E-state index in [1.54, 1.807) is 11.1 Å². The van der Waals surface area contributed by atoms with Crippen molar-refractivity contribution in [3.05, 3.63) is 34.9 Å². The first-order chi connectivity index (χ1) is 6.07. The van der Waals surface area contributed by atoms with E-state index in [1.807, 2.05) is 0 Å². The molecule has 0 aromatic carbocycles. The molecule has 0 bridgehead atoms. The van der Waals surface area contributed by atoms with Gasteiger partial charge in [0.05, 0.1) is 0 Å². The van der Waals surface area contributed by atoms with Gasteiger partial charge in [-0.15, -0.1) is 0 Å². The Balaban J connectivity index is 2.29. The molecule has 2 aliphatic rings. The maximum absolute atomic E-state index is 2.41. The smallest absolute Gasteiger partial charge is 0.00559 e. The van der Waals surface area contributed by atoms with E-state index in [9.17, 15) is 0 Å². The van der Waals surface area contributed by atoms with Crippen LogP contribution in [0.2, 0.25) is 0 Å². The molecule has 0 heterocycles. The monoisotopic (exact) mass is 174 g/mol. The molecule has 2 aliphatic carbocycles. The van der Waals surface area contributed by atoms with Crippen molar-refractivity contribution in [2.75, 3.05) is 0 Å². The van der Waals surface area contributed by atoms with Crippen LogP contribution in [-0.2, 0) is 0 Å². The van der Waals surface area contributed by atoms with Crippen LogP contribution in [0.4, 0.5) is 0 Å². The zero-order chi connectivity index (χ0) is 9.47. The zero-order valence-corrected chi connectivity index (χ0v) is 8.85. The minimum Gasteiger partial charge on any atom is -0.0801 e. The third-order valence-electron chi connectivity index (χ3n) is 2.97. The molecule has 0 N–H and O–H groups in total. The van der Waals surface area contributed by atoms with E-state index in [1.165, 1.54) is 24.8 Å². The summed E-state index contributed by atoms with van der Waals surface area (Å²) in [5.41, 5.74) is 5.00. The lowest BCUT2D eigenvalue weighted by molar-refractivity contribution is 0.496. The Hall–Kier alpha value is -0.780. The topological polar surface area (TPSA) is 0 Å². The van der Waals surface area contributed by atoms with Gasteiger partial charge in [-0.05, 0) is 35.8 Å². The van der Waals surface area contributed by atoms with Gasteiger partial charge in [-0.3, -0.25) is 0 Å². The van der Waals surface area contributed by atoms with Crippen molar-refractivity contribution in [2.45, 2.75) is 40.0 Å². The third kappa shape index (κ3) is 1.63. The standard InChI is InChI=1S/C13H18/c1-13(2,3)12-8-10-6-4-5-7-11(10)9-12/h6-8H,4-5,9H2,1-3H3. The van der Waals surface area contributed by atoms with Crippen molar-refractivity contribution in [2.24, 2.45) is 5.41 Å². The summed E-state index contributed by atoms with van der Waals surface area (Å²) in [4.78, 5) is 0. The molecule has 13 heavy (non-hydrogen) atoms. The van der Waals surface area contributed by atoms with Gasteiger partial charge in [0.25, 0.3) is 0 Å². The molecule has 2 rings (SSSR count). The molecule has 0 radical (unpaired) electrons. The van der Waals surface area contributed by atoms with Crippen molar-refractivity contribution in [1.29, 1.82) is 0 Å². The molecular weight excluding hydrogens is 156 g/mol. The average molecular weight is 174 g/mol. The number of hydrogen-bond acceptors (Lipinski definition) is 0. The van der Waals surface area contributed by atoms with Gasteiger partial charge in [0, 0.05) is 0 Å². The summed E-state index contributed by atoms with van der Waals surface area (Å²) in [7, 11) is 0. The van der Waals surface area contributed by atoms with Crippen molar-refractivity contribution in [1.82, 2.24) is 0 Å². The van der Waals surface area contributed by atoms with Crippen molar-refractivity contribution in [3.63, 3.8) is 0 Å². The number of fused-ring (bicyclic) bond motifs is 1. The lowest BCUT2D eigenvalue weighted by Gasteiger charge is -2.19. The van der Waals surface area contributed by atoms with Crippen molar-refractivity contribution < 1.29 is 0 Å². The molecule has 0 saturated carbocycles. The first-order valence-corrected chi connectivity index (χ1v) is 5.18. The van der Waals surface area contributed by atoms with Crippen LogP contribution >= 0.6 is 0 Å². The van der Waals surface area contributed by atoms with E-state index in [-0.39, 0.29) is 0 Å². The van der Waals surface area contributed by atoms with Gasteiger partial charge in [-0.1, -0.05) is 44.6 Å². The minimum absolute atomic E-state index is 0.346. The summed E-state index contributed by atoms with van der Waals surface area (Å²) in [5.74, 6) is 0. The molecule has 0 unspecified atom stereocenters. The van der Waals surface area contributed by atoms with Gasteiger partial charge in [0.15, 0.2) is 0 Å². The van der Waals surface area contributed by atoms with Gasteiger partial charge in [0.2, 0.25) is 0 Å². The highest BCUT2D eigenvalue weighted by molar-refractivity contribution is 5.52. The van der Waals surface area contributed by atoms with E-state index < -0.39 is 0 Å². The van der Waals surface area contributed by atoms with E-state index in [0.29, 0.717) is 5.41 Å². The Morgan fingerprint density at radius 3 is 2.38 bits per heavy atom. The Labute approximate surface area is 81.0 Å². The zero-order valence-electron chi connectivity index (χ0n) is 8.85. The predicted molar refractivity (Wildman–Crippen MR) is 57.6 cm³/mol. The van der Waals surface area contributed by atoms with Crippen LogP contribution in [0.1, 0.15) is 40.0 Å². The highest BCUT2D eigenvalue weighted by atomic mass is 14.3. The normalized spacial score (nSPS) is 21.9. The fourth-order valence-electron chi connectivity index (χ4n) is 2.00. The molecule has 0 aromatic rings. The van der Waals surface area contributed by atoms with Gasteiger partial charge in [-0.2, -0.15) is 0 Å². The molecule has 0 spiro atoms. The van der Waals surface area contributed by atoms with Crippen LogP contribution in [0.5, 0.6) is 0 Å². The minimum atomic E-state index is 0.346. The molecule has 0 aromatic heterocycles.